The number of fused-ring (bicyclic) bond motifs is 1. The Hall–Kier alpha value is -0.0800. The van der Waals surface area contributed by atoms with Gasteiger partial charge in [-0.05, 0) is 30.1 Å². The van der Waals surface area contributed by atoms with Gasteiger partial charge in [-0.2, -0.15) is 0 Å². The third-order valence-electron chi connectivity index (χ3n) is 3.67. The molecule has 0 bridgehead atoms. The van der Waals surface area contributed by atoms with Crippen molar-refractivity contribution in [2.45, 2.75) is 35.5 Å². The van der Waals surface area contributed by atoms with Gasteiger partial charge in [0.05, 0.1) is 4.58 Å². The number of hydrogen-bond acceptors (Lipinski definition) is 2. The molecule has 1 heterocycles. The van der Waals surface area contributed by atoms with E-state index >= 15 is 0 Å². The number of hydrogen-bond donors (Lipinski definition) is 0. The average Bonchev–Trinajstić information content (AvgIpc) is 2.39. The highest BCUT2D eigenvalue weighted by atomic mass is 32.2. The van der Waals surface area contributed by atoms with Gasteiger partial charge in [0.1, 0.15) is 0 Å². The van der Waals surface area contributed by atoms with Gasteiger partial charge in [-0.1, -0.05) is 43.2 Å². The van der Waals surface area contributed by atoms with Crippen molar-refractivity contribution in [1.29, 1.82) is 0 Å². The van der Waals surface area contributed by atoms with Crippen LogP contribution in [0.4, 0.5) is 0 Å². The molecular formula is C14H18S2. The standard InChI is InChI=1S/C14H18S2/c1-2-6-11(7-3-1)14-15-10-12-8-4-5-9-13(12)16-14/h1-3,6-7,12-14H,4-5,8-10H2/t12-,13+,14+/m1/s1. The molecule has 2 fully saturated rings. The maximum absolute atomic E-state index is 2.29. The predicted octanol–water partition coefficient (Wildman–Crippen LogP) is 4.72. The van der Waals surface area contributed by atoms with Crippen LogP contribution in [0.3, 0.4) is 0 Å². The fraction of sp³-hybridized carbons (Fsp3) is 0.571. The molecule has 0 nitrogen and oxygen atoms in total. The highest BCUT2D eigenvalue weighted by Gasteiger charge is 2.33. The van der Waals surface area contributed by atoms with E-state index in [4.69, 9.17) is 0 Å². The molecule has 2 aliphatic rings. The first-order chi connectivity index (χ1) is 7.93. The molecule has 3 atom stereocenters. The van der Waals surface area contributed by atoms with Crippen LogP contribution in [0, 0.1) is 5.92 Å². The van der Waals surface area contributed by atoms with Crippen LogP contribution in [0.25, 0.3) is 0 Å². The second-order valence-corrected chi connectivity index (χ2v) is 7.58. The normalized spacial score (nSPS) is 34.4. The minimum atomic E-state index is 0.695. The minimum absolute atomic E-state index is 0.695. The molecule has 0 amide bonds. The molecule has 86 valence electrons. The topological polar surface area (TPSA) is 0 Å². The zero-order valence-electron chi connectivity index (χ0n) is 9.47. The van der Waals surface area contributed by atoms with E-state index in [0.717, 1.165) is 11.2 Å². The number of rotatable bonds is 1. The molecule has 1 aliphatic heterocycles. The third-order valence-corrected chi connectivity index (χ3v) is 7.10. The molecule has 0 aromatic heterocycles. The molecule has 1 aromatic rings. The Morgan fingerprint density at radius 3 is 2.69 bits per heavy atom. The lowest BCUT2D eigenvalue weighted by Crippen LogP contribution is -2.28. The van der Waals surface area contributed by atoms with E-state index in [1.807, 2.05) is 0 Å². The van der Waals surface area contributed by atoms with Crippen molar-refractivity contribution in [3.8, 4) is 0 Å². The Labute approximate surface area is 107 Å². The largest absolute Gasteiger partial charge is 0.142 e. The molecule has 1 aromatic carbocycles. The summed E-state index contributed by atoms with van der Waals surface area (Å²) in [7, 11) is 0. The van der Waals surface area contributed by atoms with E-state index in [1.165, 1.54) is 37.0 Å². The molecular weight excluding hydrogens is 232 g/mol. The molecule has 0 unspecified atom stereocenters. The Morgan fingerprint density at radius 2 is 1.81 bits per heavy atom. The van der Waals surface area contributed by atoms with Gasteiger partial charge in [0.15, 0.2) is 0 Å². The van der Waals surface area contributed by atoms with Gasteiger partial charge in [-0.15, -0.1) is 23.5 Å². The Kier molecular flexibility index (Phi) is 3.49. The lowest BCUT2D eigenvalue weighted by atomic mass is 9.90. The Morgan fingerprint density at radius 1 is 1.00 bits per heavy atom. The highest BCUT2D eigenvalue weighted by Crippen LogP contribution is 2.52. The van der Waals surface area contributed by atoms with Crippen molar-refractivity contribution in [2.24, 2.45) is 5.92 Å². The van der Waals surface area contributed by atoms with E-state index in [9.17, 15) is 0 Å². The molecule has 1 saturated heterocycles. The highest BCUT2D eigenvalue weighted by molar-refractivity contribution is 8.17. The molecule has 2 heteroatoms. The summed E-state index contributed by atoms with van der Waals surface area (Å²) in [5.41, 5.74) is 1.52. The van der Waals surface area contributed by atoms with E-state index in [0.29, 0.717) is 4.58 Å². The van der Waals surface area contributed by atoms with Gasteiger partial charge in [0, 0.05) is 5.25 Å². The summed E-state index contributed by atoms with van der Waals surface area (Å²) in [6.45, 7) is 0. The zero-order chi connectivity index (χ0) is 10.8. The lowest BCUT2D eigenvalue weighted by Gasteiger charge is -2.38. The van der Waals surface area contributed by atoms with Crippen LogP contribution in [-0.4, -0.2) is 11.0 Å². The summed E-state index contributed by atoms with van der Waals surface area (Å²) < 4.78 is 0.695. The summed E-state index contributed by atoms with van der Waals surface area (Å²) >= 11 is 4.40. The van der Waals surface area contributed by atoms with Gasteiger partial charge >= 0.3 is 0 Å². The van der Waals surface area contributed by atoms with Crippen LogP contribution in [0.1, 0.15) is 35.8 Å². The minimum Gasteiger partial charge on any atom is -0.142 e. The summed E-state index contributed by atoms with van der Waals surface area (Å²) in [6, 6.07) is 11.0. The van der Waals surface area contributed by atoms with Crippen LogP contribution >= 0.6 is 23.5 Å². The number of thioether (sulfide) groups is 2. The number of benzene rings is 1. The van der Waals surface area contributed by atoms with Gasteiger partial charge in [-0.25, -0.2) is 0 Å². The lowest BCUT2D eigenvalue weighted by molar-refractivity contribution is 0.401. The van der Waals surface area contributed by atoms with E-state index in [1.54, 1.807) is 0 Å². The quantitative estimate of drug-likeness (QED) is 0.707. The second-order valence-electron chi connectivity index (χ2n) is 4.80. The molecule has 1 saturated carbocycles. The zero-order valence-corrected chi connectivity index (χ0v) is 11.1. The van der Waals surface area contributed by atoms with Gasteiger partial charge < -0.3 is 0 Å². The molecule has 3 rings (SSSR count). The monoisotopic (exact) mass is 250 g/mol. The summed E-state index contributed by atoms with van der Waals surface area (Å²) in [5, 5.41) is 0.945. The van der Waals surface area contributed by atoms with Crippen molar-refractivity contribution in [3.05, 3.63) is 35.9 Å². The predicted molar refractivity (Wildman–Crippen MR) is 75.0 cm³/mol. The van der Waals surface area contributed by atoms with Crippen molar-refractivity contribution >= 4 is 23.5 Å². The summed E-state index contributed by atoms with van der Waals surface area (Å²) in [4.78, 5) is 0. The molecule has 0 spiro atoms. The van der Waals surface area contributed by atoms with Crippen LogP contribution < -0.4 is 0 Å². The average molecular weight is 250 g/mol. The first-order valence-corrected chi connectivity index (χ1v) is 8.24. The van der Waals surface area contributed by atoms with Crippen LogP contribution in [0.2, 0.25) is 0 Å². The summed E-state index contributed by atoms with van der Waals surface area (Å²) in [6.07, 6.45) is 5.87. The fourth-order valence-electron chi connectivity index (χ4n) is 2.74. The maximum atomic E-state index is 2.29. The molecule has 0 radical (unpaired) electrons. The third kappa shape index (κ3) is 2.28. The van der Waals surface area contributed by atoms with Crippen LogP contribution in [0.15, 0.2) is 30.3 Å². The van der Waals surface area contributed by atoms with Crippen molar-refractivity contribution in [1.82, 2.24) is 0 Å². The van der Waals surface area contributed by atoms with Gasteiger partial charge in [0.2, 0.25) is 0 Å². The van der Waals surface area contributed by atoms with Crippen molar-refractivity contribution in [3.63, 3.8) is 0 Å². The Balaban J connectivity index is 1.71. The van der Waals surface area contributed by atoms with Gasteiger partial charge in [0.25, 0.3) is 0 Å². The summed E-state index contributed by atoms with van der Waals surface area (Å²) in [5.74, 6) is 2.39. The smallest absolute Gasteiger partial charge is 0.0754 e. The SMILES string of the molecule is c1ccc([C@H]2SC[C@H]3CCCC[C@@H]3S2)cc1. The molecule has 1 aliphatic carbocycles. The van der Waals surface area contributed by atoms with Crippen molar-refractivity contribution in [2.75, 3.05) is 5.75 Å². The van der Waals surface area contributed by atoms with Gasteiger partial charge in [-0.3, -0.25) is 0 Å². The van der Waals surface area contributed by atoms with E-state index in [-0.39, 0.29) is 0 Å². The second kappa shape index (κ2) is 5.05. The van der Waals surface area contributed by atoms with Crippen LogP contribution in [-0.2, 0) is 0 Å². The first-order valence-electron chi connectivity index (χ1n) is 6.25. The van der Waals surface area contributed by atoms with E-state index < -0.39 is 0 Å². The first kappa shape index (κ1) is 11.0. The Bertz CT molecular complexity index is 336. The van der Waals surface area contributed by atoms with E-state index in [2.05, 4.69) is 53.9 Å². The fourth-order valence-corrected chi connectivity index (χ4v) is 6.40. The molecule has 0 N–H and O–H groups in total. The van der Waals surface area contributed by atoms with Crippen LogP contribution in [0.5, 0.6) is 0 Å². The maximum Gasteiger partial charge on any atom is 0.0754 e. The molecule has 16 heavy (non-hydrogen) atoms. The van der Waals surface area contributed by atoms with Crippen molar-refractivity contribution < 1.29 is 0 Å².